The molecule has 1 fully saturated rings. The van der Waals surface area contributed by atoms with E-state index in [9.17, 15) is 4.79 Å². The second-order valence-electron chi connectivity index (χ2n) is 3.26. The summed E-state index contributed by atoms with van der Waals surface area (Å²) in [6.45, 7) is 1.86. The summed E-state index contributed by atoms with van der Waals surface area (Å²) >= 11 is 0. The van der Waals surface area contributed by atoms with E-state index in [1.54, 1.807) is 6.07 Å². The molecule has 1 heterocycles. The van der Waals surface area contributed by atoms with Gasteiger partial charge in [0, 0.05) is 17.9 Å². The minimum Gasteiger partial charge on any atom is -0.478 e. The first kappa shape index (κ1) is 7.40. The fourth-order valence-electron chi connectivity index (χ4n) is 1.50. The highest BCUT2D eigenvalue weighted by molar-refractivity contribution is 5.89. The Hall–Kier alpha value is -1.25. The molecule has 1 saturated carbocycles. The monoisotopic (exact) mass is 165 g/mol. The molecule has 0 amide bonds. The Morgan fingerprint density at radius 3 is 2.75 bits per heavy atom. The summed E-state index contributed by atoms with van der Waals surface area (Å²) in [7, 11) is 0. The van der Waals surface area contributed by atoms with E-state index in [0.29, 0.717) is 11.6 Å². The van der Waals surface area contributed by atoms with Crippen LogP contribution < -0.4 is 0 Å². The van der Waals surface area contributed by atoms with Crippen molar-refractivity contribution in [1.82, 2.24) is 4.57 Å². The van der Waals surface area contributed by atoms with Gasteiger partial charge >= 0.3 is 5.97 Å². The molecule has 0 spiro atoms. The zero-order valence-electron chi connectivity index (χ0n) is 6.95. The topological polar surface area (TPSA) is 42.2 Å². The van der Waals surface area contributed by atoms with E-state index in [2.05, 4.69) is 4.57 Å². The number of hydrogen-bond donors (Lipinski definition) is 1. The fraction of sp³-hybridized carbons (Fsp3) is 0.444. The Bertz CT molecular complexity index is 323. The number of aromatic carboxylic acids is 1. The van der Waals surface area contributed by atoms with Crippen LogP contribution in [0.5, 0.6) is 0 Å². The van der Waals surface area contributed by atoms with Gasteiger partial charge in [-0.25, -0.2) is 4.79 Å². The number of hydrogen-bond acceptors (Lipinski definition) is 1. The van der Waals surface area contributed by atoms with E-state index in [0.717, 1.165) is 5.69 Å². The van der Waals surface area contributed by atoms with Crippen molar-refractivity contribution in [1.29, 1.82) is 0 Å². The molecule has 0 radical (unpaired) electrons. The van der Waals surface area contributed by atoms with Gasteiger partial charge in [0.1, 0.15) is 0 Å². The Kier molecular flexibility index (Phi) is 1.46. The molecule has 1 aliphatic carbocycles. The maximum atomic E-state index is 10.7. The van der Waals surface area contributed by atoms with E-state index < -0.39 is 5.97 Å². The van der Waals surface area contributed by atoms with Crippen molar-refractivity contribution < 1.29 is 9.90 Å². The van der Waals surface area contributed by atoms with Gasteiger partial charge in [0.05, 0.1) is 5.56 Å². The molecule has 1 aromatic heterocycles. The molecule has 1 N–H and O–H groups in total. The molecule has 2 rings (SSSR count). The quantitative estimate of drug-likeness (QED) is 0.726. The molecule has 0 aliphatic heterocycles. The first-order valence-electron chi connectivity index (χ1n) is 4.11. The largest absolute Gasteiger partial charge is 0.478 e. The summed E-state index contributed by atoms with van der Waals surface area (Å²) in [6, 6.07) is 2.24. The van der Waals surface area contributed by atoms with Crippen LogP contribution in [0.1, 0.15) is 34.9 Å². The first-order chi connectivity index (χ1) is 5.70. The molecular weight excluding hydrogens is 154 g/mol. The number of rotatable bonds is 2. The van der Waals surface area contributed by atoms with Crippen LogP contribution in [0.3, 0.4) is 0 Å². The van der Waals surface area contributed by atoms with Gasteiger partial charge in [-0.1, -0.05) is 0 Å². The van der Waals surface area contributed by atoms with E-state index in [4.69, 9.17) is 5.11 Å². The van der Waals surface area contributed by atoms with E-state index >= 15 is 0 Å². The van der Waals surface area contributed by atoms with E-state index in [1.165, 1.54) is 12.8 Å². The smallest absolute Gasteiger partial charge is 0.337 e. The third kappa shape index (κ3) is 1.02. The molecule has 0 aromatic carbocycles. The van der Waals surface area contributed by atoms with Crippen LogP contribution in [0.4, 0.5) is 0 Å². The Labute approximate surface area is 70.6 Å². The third-order valence-corrected chi connectivity index (χ3v) is 2.35. The van der Waals surface area contributed by atoms with Crippen molar-refractivity contribution in [3.05, 3.63) is 23.5 Å². The van der Waals surface area contributed by atoms with Crippen LogP contribution in [0, 0.1) is 6.92 Å². The van der Waals surface area contributed by atoms with Gasteiger partial charge in [-0.2, -0.15) is 0 Å². The highest BCUT2D eigenvalue weighted by Gasteiger charge is 2.25. The number of carboxylic acids is 1. The molecule has 3 heteroatoms. The molecule has 3 nitrogen and oxygen atoms in total. The van der Waals surface area contributed by atoms with Crippen molar-refractivity contribution in [2.24, 2.45) is 0 Å². The zero-order chi connectivity index (χ0) is 8.72. The van der Waals surface area contributed by atoms with Crippen LogP contribution >= 0.6 is 0 Å². The van der Waals surface area contributed by atoms with Gasteiger partial charge in [-0.05, 0) is 25.8 Å². The standard InChI is InChI=1S/C9H11NO2/c1-6-8(9(11)12)4-5-10(6)7-2-3-7/h4-5,7H,2-3H2,1H3,(H,11,12). The number of aromatic nitrogens is 1. The van der Waals surface area contributed by atoms with Crippen LogP contribution in [0.2, 0.25) is 0 Å². The SMILES string of the molecule is Cc1c(C(=O)O)ccn1C1CC1. The van der Waals surface area contributed by atoms with Crippen molar-refractivity contribution in [2.45, 2.75) is 25.8 Å². The maximum absolute atomic E-state index is 10.7. The molecule has 0 unspecified atom stereocenters. The molecule has 1 aliphatic rings. The van der Waals surface area contributed by atoms with Gasteiger partial charge in [-0.3, -0.25) is 0 Å². The summed E-state index contributed by atoms with van der Waals surface area (Å²) in [5, 5.41) is 8.77. The van der Waals surface area contributed by atoms with Crippen molar-refractivity contribution >= 4 is 5.97 Å². The second kappa shape index (κ2) is 2.37. The van der Waals surface area contributed by atoms with Gasteiger partial charge in [0.2, 0.25) is 0 Å². The summed E-state index contributed by atoms with van der Waals surface area (Å²) in [5.41, 5.74) is 1.31. The number of carboxylic acid groups (broad SMARTS) is 1. The summed E-state index contributed by atoms with van der Waals surface area (Å²) in [4.78, 5) is 10.7. The average molecular weight is 165 g/mol. The van der Waals surface area contributed by atoms with E-state index in [1.807, 2.05) is 13.1 Å². The minimum atomic E-state index is -0.827. The first-order valence-corrected chi connectivity index (χ1v) is 4.11. The zero-order valence-corrected chi connectivity index (χ0v) is 6.95. The van der Waals surface area contributed by atoms with E-state index in [-0.39, 0.29) is 0 Å². The predicted molar refractivity (Wildman–Crippen MR) is 44.4 cm³/mol. The molecule has 0 saturated heterocycles. The highest BCUT2D eigenvalue weighted by atomic mass is 16.4. The lowest BCUT2D eigenvalue weighted by Gasteiger charge is -2.02. The van der Waals surface area contributed by atoms with Gasteiger partial charge in [0.25, 0.3) is 0 Å². The van der Waals surface area contributed by atoms with Crippen molar-refractivity contribution in [3.8, 4) is 0 Å². The van der Waals surface area contributed by atoms with Crippen LogP contribution in [0.15, 0.2) is 12.3 Å². The summed E-state index contributed by atoms with van der Waals surface area (Å²) < 4.78 is 2.06. The molecule has 0 atom stereocenters. The van der Waals surface area contributed by atoms with Crippen molar-refractivity contribution in [2.75, 3.05) is 0 Å². The normalized spacial score (nSPS) is 16.4. The molecular formula is C9H11NO2. The molecule has 0 bridgehead atoms. The Morgan fingerprint density at radius 1 is 1.67 bits per heavy atom. The van der Waals surface area contributed by atoms with Gasteiger partial charge < -0.3 is 9.67 Å². The lowest BCUT2D eigenvalue weighted by Crippen LogP contribution is -2.00. The van der Waals surface area contributed by atoms with Gasteiger partial charge in [0.15, 0.2) is 0 Å². The highest BCUT2D eigenvalue weighted by Crippen LogP contribution is 2.36. The molecule has 64 valence electrons. The minimum absolute atomic E-state index is 0.432. The molecule has 12 heavy (non-hydrogen) atoms. The fourth-order valence-corrected chi connectivity index (χ4v) is 1.50. The summed E-state index contributed by atoms with van der Waals surface area (Å²) in [6.07, 6.45) is 4.25. The van der Waals surface area contributed by atoms with Crippen molar-refractivity contribution in [3.63, 3.8) is 0 Å². The lowest BCUT2D eigenvalue weighted by atomic mass is 10.2. The lowest BCUT2D eigenvalue weighted by molar-refractivity contribution is 0.0696. The van der Waals surface area contributed by atoms with Crippen LogP contribution in [0.25, 0.3) is 0 Å². The number of carbonyl (C=O) groups is 1. The Morgan fingerprint density at radius 2 is 2.33 bits per heavy atom. The maximum Gasteiger partial charge on any atom is 0.337 e. The van der Waals surface area contributed by atoms with Crippen LogP contribution in [-0.4, -0.2) is 15.6 Å². The van der Waals surface area contributed by atoms with Gasteiger partial charge in [-0.15, -0.1) is 0 Å². The summed E-state index contributed by atoms with van der Waals surface area (Å²) in [5.74, 6) is -0.827. The predicted octanol–water partition coefficient (Wildman–Crippen LogP) is 1.83. The van der Waals surface area contributed by atoms with Crippen LogP contribution in [-0.2, 0) is 0 Å². The second-order valence-corrected chi connectivity index (χ2v) is 3.26. The Balaban J connectivity index is 2.39. The molecule has 1 aromatic rings. The average Bonchev–Trinajstić information content (AvgIpc) is 2.75. The third-order valence-electron chi connectivity index (χ3n) is 2.35. The number of nitrogens with zero attached hydrogens (tertiary/aromatic N) is 1.